The number of anilines is 2. The summed E-state index contributed by atoms with van der Waals surface area (Å²) in [5.41, 5.74) is 0.0151. The number of likely N-dealkylation sites (N-methyl/N-ethyl adjacent to an activating group) is 1. The quantitative estimate of drug-likeness (QED) is 0.764. The number of pyridine rings is 1. The molecule has 0 aliphatic carbocycles. The number of carbonyl (C=O) groups is 1. The van der Waals surface area contributed by atoms with Gasteiger partial charge in [0.25, 0.3) is 0 Å². The second kappa shape index (κ2) is 8.83. The van der Waals surface area contributed by atoms with Crippen molar-refractivity contribution < 1.29 is 18.0 Å². The molecular weight excluding hydrogens is 389 g/mol. The minimum absolute atomic E-state index is 0.0649. The van der Waals surface area contributed by atoms with E-state index in [0.717, 1.165) is 25.2 Å². The molecule has 1 amide bonds. The number of thioether (sulfide) groups is 1. The molecule has 2 aromatic rings. The Morgan fingerprint density at radius 2 is 1.93 bits per heavy atom. The van der Waals surface area contributed by atoms with E-state index in [9.17, 15) is 18.0 Å². The summed E-state index contributed by atoms with van der Waals surface area (Å²) in [6, 6.07) is 8.87. The molecule has 1 N–H and O–H groups in total. The zero-order chi connectivity index (χ0) is 20.1. The summed E-state index contributed by atoms with van der Waals surface area (Å²) in [5, 5.41) is 3.34. The Morgan fingerprint density at radius 1 is 1.18 bits per heavy atom. The molecular formula is C19H21F3N4OS. The van der Waals surface area contributed by atoms with Crippen LogP contribution in [0.1, 0.15) is 5.56 Å². The average Bonchev–Trinajstić information content (AvgIpc) is 2.67. The van der Waals surface area contributed by atoms with E-state index in [-0.39, 0.29) is 17.3 Å². The summed E-state index contributed by atoms with van der Waals surface area (Å²) in [5.74, 6) is -0.305. The molecule has 0 spiro atoms. The highest BCUT2D eigenvalue weighted by molar-refractivity contribution is 7.99. The molecule has 5 nitrogen and oxygen atoms in total. The SMILES string of the molecule is CN1CCN(c2ccc(C(F)(F)F)cc2NC(=O)CSc2ccccn2)CC1. The summed E-state index contributed by atoms with van der Waals surface area (Å²) in [7, 11) is 2.00. The van der Waals surface area contributed by atoms with Crippen LogP contribution in [0.5, 0.6) is 0 Å². The van der Waals surface area contributed by atoms with Gasteiger partial charge in [-0.25, -0.2) is 4.98 Å². The normalized spacial score (nSPS) is 15.5. The van der Waals surface area contributed by atoms with E-state index in [2.05, 4.69) is 15.2 Å². The maximum atomic E-state index is 13.2. The van der Waals surface area contributed by atoms with Crippen molar-refractivity contribution in [1.82, 2.24) is 9.88 Å². The zero-order valence-corrected chi connectivity index (χ0v) is 16.2. The van der Waals surface area contributed by atoms with Gasteiger partial charge >= 0.3 is 6.18 Å². The van der Waals surface area contributed by atoms with Crippen molar-refractivity contribution in [2.24, 2.45) is 0 Å². The molecule has 2 heterocycles. The van der Waals surface area contributed by atoms with E-state index in [0.29, 0.717) is 23.8 Å². The van der Waals surface area contributed by atoms with Crippen LogP contribution in [0.2, 0.25) is 0 Å². The number of rotatable bonds is 5. The highest BCUT2D eigenvalue weighted by Crippen LogP contribution is 2.36. The lowest BCUT2D eigenvalue weighted by molar-refractivity contribution is -0.137. The number of nitrogens with zero attached hydrogens (tertiary/aromatic N) is 3. The Balaban J connectivity index is 1.76. The maximum Gasteiger partial charge on any atom is 0.416 e. The third kappa shape index (κ3) is 5.39. The molecule has 0 atom stereocenters. The largest absolute Gasteiger partial charge is 0.416 e. The number of piperazine rings is 1. The Morgan fingerprint density at radius 3 is 2.57 bits per heavy atom. The van der Waals surface area contributed by atoms with E-state index < -0.39 is 11.7 Å². The van der Waals surface area contributed by atoms with E-state index in [1.54, 1.807) is 18.3 Å². The van der Waals surface area contributed by atoms with Gasteiger partial charge < -0.3 is 15.1 Å². The number of nitrogens with one attached hydrogen (secondary N) is 1. The minimum atomic E-state index is -4.47. The molecule has 150 valence electrons. The van der Waals surface area contributed by atoms with Gasteiger partial charge in [-0.3, -0.25) is 4.79 Å². The number of amides is 1. The number of hydrogen-bond donors (Lipinski definition) is 1. The molecule has 9 heteroatoms. The smallest absolute Gasteiger partial charge is 0.367 e. The number of halogens is 3. The molecule has 0 bridgehead atoms. The molecule has 1 aliphatic rings. The maximum absolute atomic E-state index is 13.2. The van der Waals surface area contributed by atoms with Gasteiger partial charge in [0, 0.05) is 32.4 Å². The Kier molecular flexibility index (Phi) is 6.46. The summed E-state index contributed by atoms with van der Waals surface area (Å²) in [4.78, 5) is 20.6. The number of hydrogen-bond acceptors (Lipinski definition) is 5. The molecule has 1 aromatic heterocycles. The molecule has 1 saturated heterocycles. The minimum Gasteiger partial charge on any atom is -0.367 e. The molecule has 1 aromatic carbocycles. The van der Waals surface area contributed by atoms with Crippen LogP contribution in [0.15, 0.2) is 47.6 Å². The van der Waals surface area contributed by atoms with Crippen molar-refractivity contribution in [3.63, 3.8) is 0 Å². The molecule has 3 rings (SSSR count). The highest BCUT2D eigenvalue weighted by atomic mass is 32.2. The first-order valence-electron chi connectivity index (χ1n) is 8.81. The Bertz CT molecular complexity index is 809. The lowest BCUT2D eigenvalue weighted by atomic mass is 10.1. The number of aromatic nitrogens is 1. The number of benzene rings is 1. The summed E-state index contributed by atoms with van der Waals surface area (Å²) >= 11 is 1.23. The van der Waals surface area contributed by atoms with E-state index in [1.807, 2.05) is 18.0 Å². The van der Waals surface area contributed by atoms with Gasteiger partial charge in [-0.15, -0.1) is 0 Å². The van der Waals surface area contributed by atoms with Crippen LogP contribution in [0, 0.1) is 0 Å². The van der Waals surface area contributed by atoms with E-state index >= 15 is 0 Å². The first-order valence-corrected chi connectivity index (χ1v) is 9.80. The standard InChI is InChI=1S/C19H21F3N4OS/c1-25-8-10-26(11-9-25)16-6-5-14(19(20,21)22)12-15(16)24-17(27)13-28-18-4-2-3-7-23-18/h2-7,12H,8-11,13H2,1H3,(H,24,27). The van der Waals surface area contributed by atoms with Crippen molar-refractivity contribution in [3.05, 3.63) is 48.2 Å². The third-order valence-corrected chi connectivity index (χ3v) is 5.37. The molecule has 1 fully saturated rings. The number of carbonyl (C=O) groups excluding carboxylic acids is 1. The predicted molar refractivity (Wildman–Crippen MR) is 105 cm³/mol. The lowest BCUT2D eigenvalue weighted by Gasteiger charge is -2.35. The summed E-state index contributed by atoms with van der Waals surface area (Å²) in [6.45, 7) is 2.99. The Labute approximate surface area is 165 Å². The fourth-order valence-electron chi connectivity index (χ4n) is 2.89. The summed E-state index contributed by atoms with van der Waals surface area (Å²) in [6.07, 6.45) is -2.85. The zero-order valence-electron chi connectivity index (χ0n) is 15.4. The van der Waals surface area contributed by atoms with Crippen molar-refractivity contribution >= 4 is 29.0 Å². The topological polar surface area (TPSA) is 48.5 Å². The van der Waals surface area contributed by atoms with Crippen molar-refractivity contribution in [2.75, 3.05) is 49.2 Å². The van der Waals surface area contributed by atoms with Gasteiger partial charge in [-0.1, -0.05) is 17.8 Å². The lowest BCUT2D eigenvalue weighted by Crippen LogP contribution is -2.44. The van der Waals surface area contributed by atoms with Gasteiger partial charge in [-0.05, 0) is 37.4 Å². The van der Waals surface area contributed by atoms with Gasteiger partial charge in [0.1, 0.15) is 0 Å². The average molecular weight is 410 g/mol. The van der Waals surface area contributed by atoms with Gasteiger partial charge in [-0.2, -0.15) is 13.2 Å². The monoisotopic (exact) mass is 410 g/mol. The molecule has 0 unspecified atom stereocenters. The van der Waals surface area contributed by atoms with Crippen LogP contribution in [-0.2, 0) is 11.0 Å². The first-order chi connectivity index (χ1) is 13.3. The molecule has 0 radical (unpaired) electrons. The van der Waals surface area contributed by atoms with Gasteiger partial charge in [0.2, 0.25) is 5.91 Å². The van der Waals surface area contributed by atoms with Crippen LogP contribution in [0.25, 0.3) is 0 Å². The fourth-order valence-corrected chi connectivity index (χ4v) is 3.56. The first kappa shape index (κ1) is 20.5. The molecule has 28 heavy (non-hydrogen) atoms. The van der Waals surface area contributed by atoms with Crippen molar-refractivity contribution in [1.29, 1.82) is 0 Å². The van der Waals surface area contributed by atoms with E-state index in [4.69, 9.17) is 0 Å². The third-order valence-electron chi connectivity index (χ3n) is 4.43. The van der Waals surface area contributed by atoms with Crippen LogP contribution in [0.3, 0.4) is 0 Å². The Hall–Kier alpha value is -2.26. The van der Waals surface area contributed by atoms with Crippen LogP contribution >= 0.6 is 11.8 Å². The van der Waals surface area contributed by atoms with E-state index in [1.165, 1.54) is 17.8 Å². The van der Waals surface area contributed by atoms with Crippen LogP contribution in [-0.4, -0.2) is 54.8 Å². The van der Waals surface area contributed by atoms with Gasteiger partial charge in [0.15, 0.2) is 0 Å². The number of alkyl halides is 3. The van der Waals surface area contributed by atoms with Crippen molar-refractivity contribution in [2.45, 2.75) is 11.2 Å². The highest BCUT2D eigenvalue weighted by Gasteiger charge is 2.32. The molecule has 0 saturated carbocycles. The predicted octanol–water partition coefficient (Wildman–Crippen LogP) is 3.58. The van der Waals surface area contributed by atoms with Gasteiger partial charge in [0.05, 0.1) is 27.7 Å². The van der Waals surface area contributed by atoms with Crippen molar-refractivity contribution in [3.8, 4) is 0 Å². The second-order valence-electron chi connectivity index (χ2n) is 6.52. The fraction of sp³-hybridized carbons (Fsp3) is 0.368. The van der Waals surface area contributed by atoms with Crippen LogP contribution < -0.4 is 10.2 Å². The van der Waals surface area contributed by atoms with Crippen LogP contribution in [0.4, 0.5) is 24.5 Å². The second-order valence-corrected chi connectivity index (χ2v) is 7.52. The summed E-state index contributed by atoms with van der Waals surface area (Å²) < 4.78 is 39.5. The molecule has 1 aliphatic heterocycles.